The summed E-state index contributed by atoms with van der Waals surface area (Å²) < 4.78 is 84.9. The molecule has 0 aliphatic carbocycles. The van der Waals surface area contributed by atoms with Crippen LogP contribution in [0.4, 0.5) is 22.0 Å². The van der Waals surface area contributed by atoms with Crippen LogP contribution in [-0.2, 0) is 0 Å². The predicted molar refractivity (Wildman–Crippen MR) is 104 cm³/mol. The topological polar surface area (TPSA) is 56.7 Å². The second-order valence-corrected chi connectivity index (χ2v) is 7.32. The second-order valence-electron chi connectivity index (χ2n) is 7.32. The molecule has 0 N–H and O–H groups in total. The first-order valence-corrected chi connectivity index (χ1v) is 9.67. The van der Waals surface area contributed by atoms with Crippen LogP contribution in [0, 0.1) is 29.1 Å². The lowest BCUT2D eigenvalue weighted by Gasteiger charge is -2.29. The first-order valence-electron chi connectivity index (χ1n) is 9.67. The normalized spacial score (nSPS) is 15.2. The fourth-order valence-electron chi connectivity index (χ4n) is 3.43. The molecule has 0 radical (unpaired) electrons. The Morgan fingerprint density at radius 3 is 2.12 bits per heavy atom. The minimum absolute atomic E-state index is 0.0385. The van der Waals surface area contributed by atoms with Gasteiger partial charge in [-0.1, -0.05) is 0 Å². The molecule has 1 aliphatic heterocycles. The third kappa shape index (κ3) is 3.99. The summed E-state index contributed by atoms with van der Waals surface area (Å²) in [5.74, 6) is -12.0. The molecule has 0 amide bonds. The van der Waals surface area contributed by atoms with Crippen molar-refractivity contribution in [2.45, 2.75) is 18.9 Å². The van der Waals surface area contributed by atoms with Gasteiger partial charge >= 0.3 is 0 Å². The lowest BCUT2D eigenvalue weighted by Crippen LogP contribution is -2.35. The number of benzene rings is 2. The van der Waals surface area contributed by atoms with E-state index in [2.05, 4.69) is 14.9 Å². The number of nitrogens with zero attached hydrogens (tertiary/aromatic N) is 3. The highest BCUT2D eigenvalue weighted by molar-refractivity contribution is 5.87. The Kier molecular flexibility index (Phi) is 6.00. The number of fused-ring (bicyclic) bond motifs is 1. The Labute approximate surface area is 179 Å². The number of piperidine rings is 1. The van der Waals surface area contributed by atoms with E-state index in [1.165, 1.54) is 13.2 Å². The van der Waals surface area contributed by atoms with E-state index in [4.69, 9.17) is 14.2 Å². The van der Waals surface area contributed by atoms with E-state index in [1.54, 1.807) is 6.07 Å². The van der Waals surface area contributed by atoms with Gasteiger partial charge in [0.15, 0.2) is 11.5 Å². The molecule has 0 saturated carbocycles. The molecule has 1 fully saturated rings. The van der Waals surface area contributed by atoms with Gasteiger partial charge in [-0.3, -0.25) is 0 Å². The number of halogens is 5. The van der Waals surface area contributed by atoms with Gasteiger partial charge < -0.3 is 19.1 Å². The van der Waals surface area contributed by atoms with Gasteiger partial charge in [-0.2, -0.15) is 8.78 Å². The maximum absolute atomic E-state index is 14.0. The maximum Gasteiger partial charge on any atom is 0.230 e. The van der Waals surface area contributed by atoms with Crippen LogP contribution >= 0.6 is 0 Å². The Bertz CT molecular complexity index is 1140. The second kappa shape index (κ2) is 8.73. The quantitative estimate of drug-likeness (QED) is 0.319. The highest BCUT2D eigenvalue weighted by Crippen LogP contribution is 2.39. The summed E-state index contributed by atoms with van der Waals surface area (Å²) in [6.45, 7) is 1.76. The zero-order valence-corrected chi connectivity index (χ0v) is 17.1. The van der Waals surface area contributed by atoms with Crippen LogP contribution in [0.2, 0.25) is 0 Å². The fourth-order valence-corrected chi connectivity index (χ4v) is 3.43. The summed E-state index contributed by atoms with van der Waals surface area (Å²) in [5, 5.41) is 0.129. The van der Waals surface area contributed by atoms with Crippen molar-refractivity contribution in [3.05, 3.63) is 47.5 Å². The number of hydrogen-bond donors (Lipinski definition) is 0. The third-order valence-electron chi connectivity index (χ3n) is 5.21. The summed E-state index contributed by atoms with van der Waals surface area (Å²) >= 11 is 0. The van der Waals surface area contributed by atoms with E-state index in [-0.39, 0.29) is 22.8 Å². The zero-order chi connectivity index (χ0) is 23.0. The number of aromatic nitrogens is 2. The summed E-state index contributed by atoms with van der Waals surface area (Å²) in [7, 11) is 3.42. The monoisotopic (exact) mass is 455 g/mol. The van der Waals surface area contributed by atoms with Crippen molar-refractivity contribution in [2.75, 3.05) is 27.2 Å². The lowest BCUT2D eigenvalue weighted by molar-refractivity contribution is 0.111. The smallest absolute Gasteiger partial charge is 0.230 e. The molecule has 3 aromatic rings. The Morgan fingerprint density at radius 2 is 1.50 bits per heavy atom. The van der Waals surface area contributed by atoms with E-state index in [0.29, 0.717) is 5.75 Å². The maximum atomic E-state index is 14.0. The molecule has 0 spiro atoms. The minimum Gasteiger partial charge on any atom is -0.493 e. The highest BCUT2D eigenvalue weighted by atomic mass is 19.2. The van der Waals surface area contributed by atoms with Crippen molar-refractivity contribution in [1.29, 1.82) is 0 Å². The molecule has 0 unspecified atom stereocenters. The largest absolute Gasteiger partial charge is 0.493 e. The van der Waals surface area contributed by atoms with Gasteiger partial charge in [0.2, 0.25) is 40.7 Å². The molecular formula is C21H18F5N3O3. The van der Waals surface area contributed by atoms with Gasteiger partial charge in [-0.15, -0.1) is 0 Å². The number of likely N-dealkylation sites (tertiary alicyclic amines) is 1. The van der Waals surface area contributed by atoms with Gasteiger partial charge in [-0.05, 0) is 26.0 Å². The van der Waals surface area contributed by atoms with Crippen molar-refractivity contribution >= 4 is 10.9 Å². The Balaban J connectivity index is 1.72. The van der Waals surface area contributed by atoms with E-state index < -0.39 is 40.7 Å². The van der Waals surface area contributed by atoms with Gasteiger partial charge in [0.1, 0.15) is 12.4 Å². The van der Waals surface area contributed by atoms with Crippen LogP contribution in [0.5, 0.6) is 23.1 Å². The molecule has 2 aromatic carbocycles. The summed E-state index contributed by atoms with van der Waals surface area (Å²) in [5.41, 5.74) is 0.266. The predicted octanol–water partition coefficient (Wildman–Crippen LogP) is 4.60. The molecule has 11 heteroatoms. The van der Waals surface area contributed by atoms with E-state index >= 15 is 0 Å². The molecule has 1 saturated heterocycles. The first kappa shape index (κ1) is 22.0. The van der Waals surface area contributed by atoms with Crippen LogP contribution in [-0.4, -0.2) is 48.2 Å². The van der Waals surface area contributed by atoms with Gasteiger partial charge in [0, 0.05) is 19.2 Å². The number of rotatable bonds is 5. The van der Waals surface area contributed by atoms with E-state index in [1.807, 2.05) is 7.05 Å². The number of ether oxygens (including phenoxy) is 3. The van der Waals surface area contributed by atoms with Crippen molar-refractivity contribution in [3.8, 4) is 23.1 Å². The SMILES string of the molecule is COc1cc2c(Oc3c(F)c(F)c(F)c(F)c3F)ncnc2cc1OC1CCN(C)CC1. The average molecular weight is 455 g/mol. The van der Waals surface area contributed by atoms with Crippen LogP contribution in [0.25, 0.3) is 10.9 Å². The van der Waals surface area contributed by atoms with E-state index in [0.717, 1.165) is 32.3 Å². The van der Waals surface area contributed by atoms with Crippen molar-refractivity contribution in [3.63, 3.8) is 0 Å². The molecule has 2 heterocycles. The van der Waals surface area contributed by atoms with Gasteiger partial charge in [0.05, 0.1) is 18.0 Å². The number of hydrogen-bond acceptors (Lipinski definition) is 6. The molecule has 170 valence electrons. The van der Waals surface area contributed by atoms with Crippen molar-refractivity contribution in [1.82, 2.24) is 14.9 Å². The van der Waals surface area contributed by atoms with Crippen molar-refractivity contribution < 1.29 is 36.2 Å². The van der Waals surface area contributed by atoms with Crippen LogP contribution in [0.3, 0.4) is 0 Å². The molecular weight excluding hydrogens is 437 g/mol. The third-order valence-corrected chi connectivity index (χ3v) is 5.21. The molecule has 6 nitrogen and oxygen atoms in total. The zero-order valence-electron chi connectivity index (χ0n) is 17.1. The molecule has 0 bridgehead atoms. The fraction of sp³-hybridized carbons (Fsp3) is 0.333. The molecule has 4 rings (SSSR count). The minimum atomic E-state index is -2.28. The van der Waals surface area contributed by atoms with Crippen molar-refractivity contribution in [2.24, 2.45) is 0 Å². The van der Waals surface area contributed by atoms with Crippen LogP contribution in [0.15, 0.2) is 18.5 Å². The number of methoxy groups -OCH3 is 1. The molecule has 32 heavy (non-hydrogen) atoms. The summed E-state index contributed by atoms with van der Waals surface area (Å²) in [6, 6.07) is 2.96. The van der Waals surface area contributed by atoms with Gasteiger partial charge in [-0.25, -0.2) is 23.1 Å². The summed E-state index contributed by atoms with van der Waals surface area (Å²) in [6.07, 6.45) is 2.63. The first-order chi connectivity index (χ1) is 15.3. The molecule has 1 aromatic heterocycles. The molecule has 1 aliphatic rings. The average Bonchev–Trinajstić information content (AvgIpc) is 2.80. The Morgan fingerprint density at radius 1 is 0.875 bits per heavy atom. The van der Waals surface area contributed by atoms with Gasteiger partial charge in [0.25, 0.3) is 0 Å². The Hall–Kier alpha value is -3.21. The lowest BCUT2D eigenvalue weighted by atomic mass is 10.1. The van der Waals surface area contributed by atoms with Crippen LogP contribution in [0.1, 0.15) is 12.8 Å². The highest BCUT2D eigenvalue weighted by Gasteiger charge is 2.28. The molecule has 0 atom stereocenters. The van der Waals surface area contributed by atoms with Crippen LogP contribution < -0.4 is 14.2 Å². The standard InChI is InChI=1S/C21H18F5N3O3/c1-29-5-3-10(4-6-29)31-14-8-12-11(7-13(14)30-2)21(28-9-27-12)32-20-18(25)16(23)15(22)17(24)19(20)26/h7-10H,3-6H2,1-2H3. The van der Waals surface area contributed by atoms with E-state index in [9.17, 15) is 22.0 Å². The summed E-state index contributed by atoms with van der Waals surface area (Å²) in [4.78, 5) is 10.1.